The molecule has 1 aromatic carbocycles. The molecule has 1 saturated heterocycles. The highest BCUT2D eigenvalue weighted by Crippen LogP contribution is 2.15. The van der Waals surface area contributed by atoms with Gasteiger partial charge in [-0.05, 0) is 63.2 Å². The van der Waals surface area contributed by atoms with Crippen LogP contribution in [0.2, 0.25) is 5.02 Å². The highest BCUT2D eigenvalue weighted by Gasteiger charge is 2.09. The lowest BCUT2D eigenvalue weighted by Crippen LogP contribution is -2.34. The van der Waals surface area contributed by atoms with Crippen molar-refractivity contribution in [2.75, 3.05) is 32.8 Å². The first-order chi connectivity index (χ1) is 10.2. The molecule has 116 valence electrons. The maximum absolute atomic E-state index is 11.7. The second-order valence-corrected chi connectivity index (χ2v) is 5.78. The SMILES string of the molecule is O=C(COc1ccc(Cl)cc1)NCCCN1CCCCC1. The van der Waals surface area contributed by atoms with E-state index in [1.165, 1.54) is 32.4 Å². The molecular weight excluding hydrogens is 288 g/mol. The Morgan fingerprint density at radius 3 is 2.62 bits per heavy atom. The van der Waals surface area contributed by atoms with Crippen molar-refractivity contribution in [3.63, 3.8) is 0 Å². The summed E-state index contributed by atoms with van der Waals surface area (Å²) < 4.78 is 5.39. The number of piperidine rings is 1. The molecule has 0 aliphatic carbocycles. The standard InChI is InChI=1S/C16H23ClN2O2/c17-14-5-7-15(8-6-14)21-13-16(20)18-9-4-12-19-10-2-1-3-11-19/h5-8H,1-4,9-13H2,(H,18,20). The van der Waals surface area contributed by atoms with Crippen LogP contribution in [0.5, 0.6) is 5.75 Å². The first-order valence-corrected chi connectivity index (χ1v) is 7.99. The topological polar surface area (TPSA) is 41.6 Å². The van der Waals surface area contributed by atoms with Crippen LogP contribution in [0, 0.1) is 0 Å². The van der Waals surface area contributed by atoms with E-state index in [1.807, 2.05) is 0 Å². The first kappa shape index (κ1) is 16.1. The highest BCUT2D eigenvalue weighted by molar-refractivity contribution is 6.30. The number of nitrogens with zero attached hydrogens (tertiary/aromatic N) is 1. The average molecular weight is 311 g/mol. The van der Waals surface area contributed by atoms with E-state index in [0.29, 0.717) is 17.3 Å². The summed E-state index contributed by atoms with van der Waals surface area (Å²) in [6.45, 7) is 4.23. The number of nitrogens with one attached hydrogen (secondary N) is 1. The summed E-state index contributed by atoms with van der Waals surface area (Å²) in [5.41, 5.74) is 0. The second kappa shape index (κ2) is 8.90. The Balaban J connectivity index is 1.54. The Hall–Kier alpha value is -1.26. The summed E-state index contributed by atoms with van der Waals surface area (Å²) in [4.78, 5) is 14.1. The molecule has 4 nitrogen and oxygen atoms in total. The third-order valence-electron chi connectivity index (χ3n) is 3.61. The van der Waals surface area contributed by atoms with Gasteiger partial charge in [0.25, 0.3) is 5.91 Å². The molecule has 1 N–H and O–H groups in total. The van der Waals surface area contributed by atoms with Crippen molar-refractivity contribution < 1.29 is 9.53 Å². The summed E-state index contributed by atoms with van der Waals surface area (Å²) >= 11 is 5.78. The van der Waals surface area contributed by atoms with Crippen molar-refractivity contribution in [3.8, 4) is 5.75 Å². The van der Waals surface area contributed by atoms with Crippen LogP contribution >= 0.6 is 11.6 Å². The Labute approximate surface area is 131 Å². The molecule has 2 rings (SSSR count). The highest BCUT2D eigenvalue weighted by atomic mass is 35.5. The van der Waals surface area contributed by atoms with Crippen LogP contribution in [0.3, 0.4) is 0 Å². The molecule has 1 heterocycles. The van der Waals surface area contributed by atoms with E-state index in [2.05, 4.69) is 10.2 Å². The van der Waals surface area contributed by atoms with Crippen LogP contribution in [-0.2, 0) is 4.79 Å². The Kier molecular flexibility index (Phi) is 6.83. The Morgan fingerprint density at radius 2 is 1.90 bits per heavy atom. The summed E-state index contributed by atoms with van der Waals surface area (Å²) in [7, 11) is 0. The summed E-state index contributed by atoms with van der Waals surface area (Å²) in [6, 6.07) is 7.00. The number of ether oxygens (including phenoxy) is 1. The Bertz CT molecular complexity index is 430. The zero-order chi connectivity index (χ0) is 14.9. The lowest BCUT2D eigenvalue weighted by Gasteiger charge is -2.26. The minimum absolute atomic E-state index is 0.0470. The molecule has 1 aliphatic heterocycles. The van der Waals surface area contributed by atoms with E-state index in [0.717, 1.165) is 13.0 Å². The van der Waals surface area contributed by atoms with Crippen LogP contribution in [0.25, 0.3) is 0 Å². The van der Waals surface area contributed by atoms with Crippen molar-refractivity contribution >= 4 is 17.5 Å². The van der Waals surface area contributed by atoms with E-state index < -0.39 is 0 Å². The molecule has 1 amide bonds. The van der Waals surface area contributed by atoms with Gasteiger partial charge in [-0.25, -0.2) is 0 Å². The van der Waals surface area contributed by atoms with Crippen molar-refractivity contribution in [2.45, 2.75) is 25.7 Å². The lowest BCUT2D eigenvalue weighted by molar-refractivity contribution is -0.123. The normalized spacial score (nSPS) is 15.7. The van der Waals surface area contributed by atoms with E-state index in [-0.39, 0.29) is 12.5 Å². The molecule has 0 radical (unpaired) electrons. The molecule has 0 atom stereocenters. The Morgan fingerprint density at radius 1 is 1.19 bits per heavy atom. The number of carbonyl (C=O) groups excluding carboxylic acids is 1. The maximum Gasteiger partial charge on any atom is 0.257 e. The van der Waals surface area contributed by atoms with Crippen molar-refractivity contribution in [2.24, 2.45) is 0 Å². The van der Waals surface area contributed by atoms with Gasteiger partial charge in [-0.3, -0.25) is 4.79 Å². The van der Waals surface area contributed by atoms with Crippen LogP contribution in [0.1, 0.15) is 25.7 Å². The third-order valence-corrected chi connectivity index (χ3v) is 3.86. The number of amides is 1. The van der Waals surface area contributed by atoms with Crippen LogP contribution < -0.4 is 10.1 Å². The van der Waals surface area contributed by atoms with Gasteiger partial charge in [0.15, 0.2) is 6.61 Å². The van der Waals surface area contributed by atoms with Crippen LogP contribution in [0.15, 0.2) is 24.3 Å². The van der Waals surface area contributed by atoms with Gasteiger partial charge in [-0.2, -0.15) is 0 Å². The number of likely N-dealkylation sites (tertiary alicyclic amines) is 1. The molecule has 1 fully saturated rings. The van der Waals surface area contributed by atoms with Crippen molar-refractivity contribution in [1.82, 2.24) is 10.2 Å². The average Bonchev–Trinajstić information content (AvgIpc) is 2.52. The van der Waals surface area contributed by atoms with Gasteiger partial charge in [0.1, 0.15) is 5.75 Å². The molecule has 1 aliphatic rings. The molecule has 0 saturated carbocycles. The van der Waals surface area contributed by atoms with Gasteiger partial charge in [0, 0.05) is 11.6 Å². The molecule has 0 unspecified atom stereocenters. The molecule has 5 heteroatoms. The van der Waals surface area contributed by atoms with Gasteiger partial charge in [-0.1, -0.05) is 18.0 Å². The molecule has 0 aromatic heterocycles. The smallest absolute Gasteiger partial charge is 0.257 e. The predicted molar refractivity (Wildman–Crippen MR) is 84.9 cm³/mol. The molecule has 0 bridgehead atoms. The number of carbonyl (C=O) groups is 1. The van der Waals surface area contributed by atoms with Crippen LogP contribution in [0.4, 0.5) is 0 Å². The predicted octanol–water partition coefficient (Wildman–Crippen LogP) is 2.71. The van der Waals surface area contributed by atoms with E-state index >= 15 is 0 Å². The van der Waals surface area contributed by atoms with Gasteiger partial charge in [0.05, 0.1) is 0 Å². The minimum Gasteiger partial charge on any atom is -0.484 e. The molecule has 0 spiro atoms. The fourth-order valence-corrected chi connectivity index (χ4v) is 2.57. The summed E-state index contributed by atoms with van der Waals surface area (Å²) in [6.07, 6.45) is 4.96. The largest absolute Gasteiger partial charge is 0.484 e. The quantitative estimate of drug-likeness (QED) is 0.787. The summed E-state index contributed by atoms with van der Waals surface area (Å²) in [5, 5.41) is 3.54. The van der Waals surface area contributed by atoms with E-state index in [9.17, 15) is 4.79 Å². The molecule has 21 heavy (non-hydrogen) atoms. The fraction of sp³-hybridized carbons (Fsp3) is 0.562. The fourth-order valence-electron chi connectivity index (χ4n) is 2.44. The molecular formula is C16H23ClN2O2. The second-order valence-electron chi connectivity index (χ2n) is 5.35. The number of benzene rings is 1. The van der Waals surface area contributed by atoms with Gasteiger partial charge >= 0.3 is 0 Å². The number of hydrogen-bond acceptors (Lipinski definition) is 3. The lowest BCUT2D eigenvalue weighted by atomic mass is 10.1. The number of rotatable bonds is 7. The van der Waals surface area contributed by atoms with Crippen molar-refractivity contribution in [1.29, 1.82) is 0 Å². The minimum atomic E-state index is -0.0800. The van der Waals surface area contributed by atoms with Crippen molar-refractivity contribution in [3.05, 3.63) is 29.3 Å². The molecule has 1 aromatic rings. The van der Waals surface area contributed by atoms with Crippen LogP contribution in [-0.4, -0.2) is 43.6 Å². The number of halogens is 1. The zero-order valence-corrected chi connectivity index (χ0v) is 13.1. The van der Waals surface area contributed by atoms with E-state index in [4.69, 9.17) is 16.3 Å². The van der Waals surface area contributed by atoms with E-state index in [1.54, 1.807) is 24.3 Å². The number of hydrogen-bond donors (Lipinski definition) is 1. The van der Waals surface area contributed by atoms with Gasteiger partial charge in [-0.15, -0.1) is 0 Å². The first-order valence-electron chi connectivity index (χ1n) is 7.61. The van der Waals surface area contributed by atoms with Gasteiger partial charge < -0.3 is 15.0 Å². The zero-order valence-electron chi connectivity index (χ0n) is 12.3. The maximum atomic E-state index is 11.7. The van der Waals surface area contributed by atoms with Gasteiger partial charge in [0.2, 0.25) is 0 Å². The monoisotopic (exact) mass is 310 g/mol. The summed E-state index contributed by atoms with van der Waals surface area (Å²) in [5.74, 6) is 0.575. The third kappa shape index (κ3) is 6.36.